The SMILES string of the molecule is CCOC(=O)[C@H]1C[C@]2(C)[C@@H](C)C(=O)C[C@]2(C)[C@H]1C. The summed E-state index contributed by atoms with van der Waals surface area (Å²) in [5, 5.41) is 0. The summed E-state index contributed by atoms with van der Waals surface area (Å²) in [6.45, 7) is 10.8. The van der Waals surface area contributed by atoms with Crippen molar-refractivity contribution in [2.75, 3.05) is 6.61 Å². The molecule has 5 atom stereocenters. The minimum atomic E-state index is -0.0819. The standard InChI is InChI=1S/C15H24O3/c1-6-18-13(17)11-7-14(4)10(3)12(16)8-15(14,5)9(11)2/h9-11H,6-8H2,1-5H3/t9-,10-,11-,14+,15+/m0/s1. The number of carbonyl (C=O) groups excluding carboxylic acids is 2. The maximum Gasteiger partial charge on any atom is 0.309 e. The Bertz CT molecular complexity index is 387. The van der Waals surface area contributed by atoms with E-state index in [4.69, 9.17) is 4.74 Å². The molecule has 2 fully saturated rings. The number of esters is 1. The highest BCUT2D eigenvalue weighted by Gasteiger charge is 2.66. The zero-order chi connectivity index (χ0) is 13.7. The van der Waals surface area contributed by atoms with E-state index < -0.39 is 0 Å². The summed E-state index contributed by atoms with van der Waals surface area (Å²) in [6, 6.07) is 0. The maximum atomic E-state index is 12.1. The summed E-state index contributed by atoms with van der Waals surface area (Å²) in [5.41, 5.74) is -0.109. The van der Waals surface area contributed by atoms with Crippen molar-refractivity contribution in [1.29, 1.82) is 0 Å². The minimum absolute atomic E-state index is 0.0458. The summed E-state index contributed by atoms with van der Waals surface area (Å²) in [4.78, 5) is 24.1. The van der Waals surface area contributed by atoms with Crippen LogP contribution in [0, 0.1) is 28.6 Å². The number of fused-ring (bicyclic) bond motifs is 1. The first kappa shape index (κ1) is 13.6. The molecule has 0 saturated heterocycles. The van der Waals surface area contributed by atoms with E-state index >= 15 is 0 Å². The molecular weight excluding hydrogens is 228 g/mol. The zero-order valence-corrected chi connectivity index (χ0v) is 12.1. The van der Waals surface area contributed by atoms with Crippen molar-refractivity contribution in [1.82, 2.24) is 0 Å². The Hall–Kier alpha value is -0.860. The third-order valence-electron chi connectivity index (χ3n) is 6.13. The summed E-state index contributed by atoms with van der Waals surface area (Å²) in [7, 11) is 0. The van der Waals surface area contributed by atoms with Gasteiger partial charge in [-0.25, -0.2) is 0 Å². The fourth-order valence-electron chi connectivity index (χ4n) is 4.27. The molecule has 0 aliphatic heterocycles. The lowest BCUT2D eigenvalue weighted by Crippen LogP contribution is -2.34. The van der Waals surface area contributed by atoms with E-state index in [0.29, 0.717) is 18.8 Å². The molecule has 2 saturated carbocycles. The average molecular weight is 252 g/mol. The molecule has 0 aromatic heterocycles. The van der Waals surface area contributed by atoms with Gasteiger partial charge in [0.05, 0.1) is 12.5 Å². The molecule has 0 heterocycles. The Balaban J connectivity index is 2.32. The first-order valence-electron chi connectivity index (χ1n) is 6.97. The van der Waals surface area contributed by atoms with Gasteiger partial charge in [-0.3, -0.25) is 9.59 Å². The second kappa shape index (κ2) is 4.07. The van der Waals surface area contributed by atoms with Crippen molar-refractivity contribution in [3.63, 3.8) is 0 Å². The third-order valence-corrected chi connectivity index (χ3v) is 6.13. The largest absolute Gasteiger partial charge is 0.466 e. The number of ether oxygens (including phenoxy) is 1. The van der Waals surface area contributed by atoms with Crippen LogP contribution in [0.25, 0.3) is 0 Å². The Morgan fingerprint density at radius 3 is 2.44 bits per heavy atom. The number of carbonyl (C=O) groups is 2. The van der Waals surface area contributed by atoms with Crippen LogP contribution in [0.5, 0.6) is 0 Å². The summed E-state index contributed by atoms with van der Waals surface area (Å²) in [5.74, 6) is 0.506. The van der Waals surface area contributed by atoms with Crippen LogP contribution in [0.15, 0.2) is 0 Å². The summed E-state index contributed by atoms with van der Waals surface area (Å²) >= 11 is 0. The molecule has 2 aliphatic rings. The molecule has 2 aliphatic carbocycles. The van der Waals surface area contributed by atoms with Crippen LogP contribution in [0.3, 0.4) is 0 Å². The molecule has 3 heteroatoms. The molecule has 102 valence electrons. The molecule has 0 aromatic carbocycles. The van der Waals surface area contributed by atoms with Gasteiger partial charge in [-0.05, 0) is 30.1 Å². The molecule has 0 radical (unpaired) electrons. The Labute approximate surface area is 109 Å². The highest BCUT2D eigenvalue weighted by molar-refractivity contribution is 5.86. The first-order valence-corrected chi connectivity index (χ1v) is 6.97. The molecule has 18 heavy (non-hydrogen) atoms. The molecular formula is C15H24O3. The van der Waals surface area contributed by atoms with Crippen molar-refractivity contribution in [3.05, 3.63) is 0 Å². The maximum absolute atomic E-state index is 12.1. The van der Waals surface area contributed by atoms with E-state index in [2.05, 4.69) is 20.8 Å². The van der Waals surface area contributed by atoms with Crippen LogP contribution in [0.2, 0.25) is 0 Å². The van der Waals surface area contributed by atoms with Crippen molar-refractivity contribution < 1.29 is 14.3 Å². The van der Waals surface area contributed by atoms with Gasteiger partial charge < -0.3 is 4.74 Å². The highest BCUT2D eigenvalue weighted by atomic mass is 16.5. The van der Waals surface area contributed by atoms with Gasteiger partial charge in [0.1, 0.15) is 5.78 Å². The molecule has 0 aromatic rings. The van der Waals surface area contributed by atoms with Crippen molar-refractivity contribution in [2.45, 2.75) is 47.5 Å². The zero-order valence-electron chi connectivity index (χ0n) is 12.1. The number of Topliss-reactive ketones (excluding diaryl/α,β-unsaturated/α-hetero) is 1. The van der Waals surface area contributed by atoms with Gasteiger partial charge in [0, 0.05) is 12.3 Å². The van der Waals surface area contributed by atoms with E-state index in [1.54, 1.807) is 0 Å². The Morgan fingerprint density at radius 1 is 1.33 bits per heavy atom. The topological polar surface area (TPSA) is 43.4 Å². The van der Waals surface area contributed by atoms with Gasteiger partial charge in [0.2, 0.25) is 0 Å². The number of hydrogen-bond acceptors (Lipinski definition) is 3. The van der Waals surface area contributed by atoms with Crippen molar-refractivity contribution in [2.24, 2.45) is 28.6 Å². The van der Waals surface area contributed by atoms with Gasteiger partial charge in [-0.2, -0.15) is 0 Å². The molecule has 0 bridgehead atoms. The van der Waals surface area contributed by atoms with Crippen LogP contribution in [0.4, 0.5) is 0 Å². The Morgan fingerprint density at radius 2 is 1.94 bits per heavy atom. The van der Waals surface area contributed by atoms with E-state index in [9.17, 15) is 9.59 Å². The average Bonchev–Trinajstić information content (AvgIpc) is 2.60. The van der Waals surface area contributed by atoms with Crippen LogP contribution < -0.4 is 0 Å². The first-order chi connectivity index (χ1) is 8.28. The van der Waals surface area contributed by atoms with Crippen LogP contribution in [-0.4, -0.2) is 18.4 Å². The molecule has 0 spiro atoms. The predicted molar refractivity (Wildman–Crippen MR) is 68.9 cm³/mol. The van der Waals surface area contributed by atoms with E-state index in [1.165, 1.54) is 0 Å². The van der Waals surface area contributed by atoms with Crippen LogP contribution >= 0.6 is 0 Å². The van der Waals surface area contributed by atoms with Gasteiger partial charge >= 0.3 is 5.97 Å². The Kier molecular flexibility index (Phi) is 3.07. The van der Waals surface area contributed by atoms with Gasteiger partial charge in [0.25, 0.3) is 0 Å². The second-order valence-electron chi connectivity index (χ2n) is 6.55. The lowest BCUT2D eigenvalue weighted by atomic mass is 9.65. The lowest BCUT2D eigenvalue weighted by Gasteiger charge is -2.38. The van der Waals surface area contributed by atoms with E-state index in [1.807, 2.05) is 13.8 Å². The molecule has 2 rings (SSSR count). The monoisotopic (exact) mass is 252 g/mol. The summed E-state index contributed by atoms with van der Waals surface area (Å²) in [6.07, 6.45) is 1.40. The predicted octanol–water partition coefficient (Wildman–Crippen LogP) is 2.83. The van der Waals surface area contributed by atoms with Gasteiger partial charge in [0.15, 0.2) is 0 Å². The summed E-state index contributed by atoms with van der Waals surface area (Å²) < 4.78 is 5.19. The molecule has 3 nitrogen and oxygen atoms in total. The lowest BCUT2D eigenvalue weighted by molar-refractivity contribution is -0.150. The normalized spacial score (nSPS) is 47.2. The number of hydrogen-bond donors (Lipinski definition) is 0. The molecule has 0 unspecified atom stereocenters. The van der Waals surface area contributed by atoms with Gasteiger partial charge in [-0.15, -0.1) is 0 Å². The van der Waals surface area contributed by atoms with Gasteiger partial charge in [-0.1, -0.05) is 27.7 Å². The number of ketones is 1. The van der Waals surface area contributed by atoms with Crippen LogP contribution in [-0.2, 0) is 14.3 Å². The third kappa shape index (κ3) is 1.49. The fourth-order valence-corrected chi connectivity index (χ4v) is 4.27. The van der Waals surface area contributed by atoms with E-state index in [0.717, 1.165) is 6.42 Å². The van der Waals surface area contributed by atoms with Crippen molar-refractivity contribution >= 4 is 11.8 Å². The van der Waals surface area contributed by atoms with E-state index in [-0.39, 0.29) is 34.6 Å². The van der Waals surface area contributed by atoms with Crippen molar-refractivity contribution in [3.8, 4) is 0 Å². The smallest absolute Gasteiger partial charge is 0.309 e. The molecule has 0 N–H and O–H groups in total. The fraction of sp³-hybridized carbons (Fsp3) is 0.867. The quantitative estimate of drug-likeness (QED) is 0.710. The van der Waals surface area contributed by atoms with Crippen LogP contribution in [0.1, 0.15) is 47.5 Å². The second-order valence-corrected chi connectivity index (χ2v) is 6.55. The minimum Gasteiger partial charge on any atom is -0.466 e. The number of rotatable bonds is 2. The highest BCUT2D eigenvalue weighted by Crippen LogP contribution is 2.67. The molecule has 0 amide bonds.